The molecular weight excluding hydrogens is 326 g/mol. The van der Waals surface area contributed by atoms with E-state index in [-0.39, 0.29) is 11.1 Å². The monoisotopic (exact) mass is 341 g/mol. The first-order chi connectivity index (χ1) is 11.7. The van der Waals surface area contributed by atoms with Gasteiger partial charge >= 0.3 is 0 Å². The Labute approximate surface area is 143 Å². The summed E-state index contributed by atoms with van der Waals surface area (Å²) in [4.78, 5) is 23.0. The van der Waals surface area contributed by atoms with E-state index in [1.807, 2.05) is 54.6 Å². The summed E-state index contributed by atoms with van der Waals surface area (Å²) in [7, 11) is 0. The van der Waals surface area contributed by atoms with Crippen LogP contribution >= 0.6 is 11.8 Å². The maximum absolute atomic E-state index is 11.5. The van der Waals surface area contributed by atoms with E-state index in [0.717, 1.165) is 23.1 Å². The van der Waals surface area contributed by atoms with Crippen LogP contribution in [0.4, 0.5) is 4.79 Å². The molecule has 1 aliphatic rings. The quantitative estimate of drug-likeness (QED) is 0.644. The van der Waals surface area contributed by atoms with Crippen LogP contribution in [0, 0.1) is 0 Å². The summed E-state index contributed by atoms with van der Waals surface area (Å²) in [6.07, 6.45) is 1.67. The zero-order chi connectivity index (χ0) is 16.8. The Morgan fingerprint density at radius 1 is 0.875 bits per heavy atom. The number of amides is 2. The number of hydrogen-bond acceptors (Lipinski definition) is 5. The minimum absolute atomic E-state index is 0.343. The molecule has 1 heterocycles. The van der Waals surface area contributed by atoms with Crippen molar-refractivity contribution < 1.29 is 19.1 Å². The molecule has 1 fully saturated rings. The fourth-order valence-electron chi connectivity index (χ4n) is 2.07. The van der Waals surface area contributed by atoms with E-state index in [9.17, 15) is 9.59 Å². The highest BCUT2D eigenvalue weighted by Crippen LogP contribution is 2.26. The predicted molar refractivity (Wildman–Crippen MR) is 93.0 cm³/mol. The Morgan fingerprint density at radius 2 is 1.50 bits per heavy atom. The van der Waals surface area contributed by atoms with Crippen LogP contribution in [0.25, 0.3) is 6.08 Å². The van der Waals surface area contributed by atoms with Crippen molar-refractivity contribution in [1.82, 2.24) is 5.32 Å². The highest BCUT2D eigenvalue weighted by Gasteiger charge is 2.24. The third-order valence-corrected chi connectivity index (χ3v) is 3.99. The Bertz CT molecular complexity index is 756. The number of imide groups is 1. The fraction of sp³-hybridized carbons (Fsp3) is 0.111. The second kappa shape index (κ2) is 7.70. The summed E-state index contributed by atoms with van der Waals surface area (Å²) in [5, 5.41) is 1.88. The molecule has 0 aromatic heterocycles. The van der Waals surface area contributed by atoms with Crippen molar-refractivity contribution in [3.05, 3.63) is 65.1 Å². The van der Waals surface area contributed by atoms with Gasteiger partial charge in [-0.1, -0.05) is 30.3 Å². The highest BCUT2D eigenvalue weighted by atomic mass is 32.2. The highest BCUT2D eigenvalue weighted by molar-refractivity contribution is 8.18. The first kappa shape index (κ1) is 16.1. The van der Waals surface area contributed by atoms with Crippen molar-refractivity contribution >= 4 is 29.0 Å². The minimum atomic E-state index is -0.358. The van der Waals surface area contributed by atoms with Gasteiger partial charge in [-0.05, 0) is 47.7 Å². The van der Waals surface area contributed by atoms with E-state index in [1.165, 1.54) is 0 Å². The molecule has 0 unspecified atom stereocenters. The number of nitrogens with one attached hydrogen (secondary N) is 1. The summed E-state index contributed by atoms with van der Waals surface area (Å²) < 4.78 is 11.2. The number of rotatable bonds is 6. The summed E-state index contributed by atoms with van der Waals surface area (Å²) in [5.74, 6) is 1.17. The van der Waals surface area contributed by atoms with E-state index in [2.05, 4.69) is 5.32 Å². The Morgan fingerprint density at radius 3 is 2.08 bits per heavy atom. The van der Waals surface area contributed by atoms with Gasteiger partial charge in [-0.25, -0.2) is 0 Å². The molecule has 1 N–H and O–H groups in total. The molecule has 0 bridgehead atoms. The van der Waals surface area contributed by atoms with Gasteiger partial charge in [0.2, 0.25) is 0 Å². The molecule has 24 heavy (non-hydrogen) atoms. The molecule has 0 aliphatic carbocycles. The second-order valence-electron chi connectivity index (χ2n) is 4.93. The van der Waals surface area contributed by atoms with Crippen molar-refractivity contribution in [2.45, 2.75) is 0 Å². The van der Waals surface area contributed by atoms with Crippen LogP contribution < -0.4 is 14.8 Å². The van der Waals surface area contributed by atoms with Crippen LogP contribution in [0.2, 0.25) is 0 Å². The van der Waals surface area contributed by atoms with Crippen molar-refractivity contribution in [3.63, 3.8) is 0 Å². The van der Waals surface area contributed by atoms with Crippen LogP contribution in [0.15, 0.2) is 59.5 Å². The van der Waals surface area contributed by atoms with Crippen LogP contribution in [0.3, 0.4) is 0 Å². The normalized spacial score (nSPS) is 15.4. The second-order valence-corrected chi connectivity index (χ2v) is 5.95. The van der Waals surface area contributed by atoms with Gasteiger partial charge in [0.15, 0.2) is 0 Å². The molecule has 5 nitrogen and oxygen atoms in total. The molecule has 0 atom stereocenters. The summed E-state index contributed by atoms with van der Waals surface area (Å²) in [5.41, 5.74) is 0.829. The zero-order valence-electron chi connectivity index (χ0n) is 12.7. The van der Waals surface area contributed by atoms with Crippen LogP contribution in [-0.2, 0) is 4.79 Å². The molecule has 1 saturated heterocycles. The molecule has 2 aromatic carbocycles. The zero-order valence-corrected chi connectivity index (χ0v) is 13.5. The number of para-hydroxylation sites is 1. The van der Waals surface area contributed by atoms with Gasteiger partial charge in [0.1, 0.15) is 24.7 Å². The lowest BCUT2D eigenvalue weighted by Gasteiger charge is -2.08. The van der Waals surface area contributed by atoms with Crippen molar-refractivity contribution in [2.24, 2.45) is 0 Å². The molecule has 2 amide bonds. The van der Waals surface area contributed by atoms with Crippen LogP contribution in [-0.4, -0.2) is 24.4 Å². The molecule has 0 saturated carbocycles. The first-order valence-corrected chi connectivity index (χ1v) is 8.18. The predicted octanol–water partition coefficient (Wildman–Crippen LogP) is 3.47. The lowest BCUT2D eigenvalue weighted by Crippen LogP contribution is -2.17. The molecule has 0 spiro atoms. The van der Waals surface area contributed by atoms with E-state index in [0.29, 0.717) is 23.9 Å². The summed E-state index contributed by atoms with van der Waals surface area (Å²) >= 11 is 0.901. The smallest absolute Gasteiger partial charge is 0.290 e. The van der Waals surface area contributed by atoms with Crippen LogP contribution in [0.5, 0.6) is 11.5 Å². The van der Waals surface area contributed by atoms with Gasteiger partial charge in [-0.3, -0.25) is 14.9 Å². The molecule has 2 aromatic rings. The molecule has 0 radical (unpaired) electrons. The molecule has 3 rings (SSSR count). The first-order valence-electron chi connectivity index (χ1n) is 7.36. The SMILES string of the molecule is O=C1NC(=O)/C(=C\c2ccc(OCCOc3ccccc3)cc2)S1. The average molecular weight is 341 g/mol. The number of thioether (sulfide) groups is 1. The summed E-state index contributed by atoms with van der Waals surface area (Å²) in [6, 6.07) is 16.8. The Kier molecular flexibility index (Phi) is 5.18. The largest absolute Gasteiger partial charge is 0.490 e. The van der Waals surface area contributed by atoms with Crippen molar-refractivity contribution in [2.75, 3.05) is 13.2 Å². The molecule has 6 heteroatoms. The Balaban J connectivity index is 1.49. The van der Waals surface area contributed by atoms with Gasteiger partial charge in [0.05, 0.1) is 4.91 Å². The van der Waals surface area contributed by atoms with Gasteiger partial charge in [-0.15, -0.1) is 0 Å². The number of benzene rings is 2. The maximum Gasteiger partial charge on any atom is 0.290 e. The standard InChI is InChI=1S/C18H15NO4S/c20-17-16(24-18(21)19-17)12-13-6-8-15(9-7-13)23-11-10-22-14-4-2-1-3-5-14/h1-9,12H,10-11H2,(H,19,20,21)/b16-12+. The lowest BCUT2D eigenvalue weighted by molar-refractivity contribution is -0.115. The van der Waals surface area contributed by atoms with E-state index in [4.69, 9.17) is 9.47 Å². The van der Waals surface area contributed by atoms with Gasteiger partial charge < -0.3 is 9.47 Å². The van der Waals surface area contributed by atoms with E-state index >= 15 is 0 Å². The van der Waals surface area contributed by atoms with Gasteiger partial charge in [-0.2, -0.15) is 0 Å². The average Bonchev–Trinajstić information content (AvgIpc) is 2.91. The topological polar surface area (TPSA) is 64.6 Å². The van der Waals surface area contributed by atoms with Crippen LogP contribution in [0.1, 0.15) is 5.56 Å². The van der Waals surface area contributed by atoms with E-state index in [1.54, 1.807) is 6.08 Å². The third-order valence-electron chi connectivity index (χ3n) is 3.18. The van der Waals surface area contributed by atoms with Gasteiger partial charge in [0, 0.05) is 0 Å². The minimum Gasteiger partial charge on any atom is -0.490 e. The number of hydrogen-bond donors (Lipinski definition) is 1. The fourth-order valence-corrected chi connectivity index (χ4v) is 2.75. The Hall–Kier alpha value is -2.73. The van der Waals surface area contributed by atoms with Gasteiger partial charge in [0.25, 0.3) is 11.1 Å². The van der Waals surface area contributed by atoms with Crippen molar-refractivity contribution in [3.8, 4) is 11.5 Å². The number of carbonyl (C=O) groups excluding carboxylic acids is 2. The van der Waals surface area contributed by atoms with E-state index < -0.39 is 0 Å². The third kappa shape index (κ3) is 4.39. The number of ether oxygens (including phenoxy) is 2. The molecular formula is C18H15NO4S. The molecule has 1 aliphatic heterocycles. The van der Waals surface area contributed by atoms with Crippen molar-refractivity contribution in [1.29, 1.82) is 0 Å². The maximum atomic E-state index is 11.5. The number of carbonyl (C=O) groups is 2. The molecule has 122 valence electrons. The summed E-state index contributed by atoms with van der Waals surface area (Å²) in [6.45, 7) is 0.886. The lowest BCUT2D eigenvalue weighted by atomic mass is 10.2.